The zero-order valence-electron chi connectivity index (χ0n) is 7.97. The molecule has 0 spiro atoms. The SMILES string of the molecule is C=CCCNC1(CN)CC(C)C1. The second-order valence-electron chi connectivity index (χ2n) is 4.00. The Morgan fingerprint density at radius 2 is 2.33 bits per heavy atom. The summed E-state index contributed by atoms with van der Waals surface area (Å²) in [5.41, 5.74) is 5.99. The molecule has 2 nitrogen and oxygen atoms in total. The van der Waals surface area contributed by atoms with Crippen LogP contribution in [-0.2, 0) is 0 Å². The van der Waals surface area contributed by atoms with Crippen molar-refractivity contribution in [1.82, 2.24) is 5.32 Å². The van der Waals surface area contributed by atoms with E-state index >= 15 is 0 Å². The van der Waals surface area contributed by atoms with Crippen molar-refractivity contribution in [2.45, 2.75) is 31.7 Å². The average Bonchev–Trinajstić information content (AvgIpc) is 2.01. The van der Waals surface area contributed by atoms with E-state index in [1.165, 1.54) is 12.8 Å². The van der Waals surface area contributed by atoms with Crippen LogP contribution in [0.2, 0.25) is 0 Å². The smallest absolute Gasteiger partial charge is 0.0309 e. The van der Waals surface area contributed by atoms with Crippen molar-refractivity contribution in [2.75, 3.05) is 13.1 Å². The Hall–Kier alpha value is -0.340. The Kier molecular flexibility index (Phi) is 3.29. The maximum atomic E-state index is 5.72. The van der Waals surface area contributed by atoms with E-state index in [2.05, 4.69) is 18.8 Å². The number of rotatable bonds is 5. The highest BCUT2D eigenvalue weighted by Crippen LogP contribution is 2.36. The molecule has 1 rings (SSSR count). The maximum absolute atomic E-state index is 5.72. The van der Waals surface area contributed by atoms with Gasteiger partial charge >= 0.3 is 0 Å². The van der Waals surface area contributed by atoms with Gasteiger partial charge in [0.1, 0.15) is 0 Å². The summed E-state index contributed by atoms with van der Waals surface area (Å²) in [6.07, 6.45) is 5.46. The number of hydrogen-bond donors (Lipinski definition) is 2. The second-order valence-corrected chi connectivity index (χ2v) is 4.00. The van der Waals surface area contributed by atoms with Crippen molar-refractivity contribution in [2.24, 2.45) is 11.7 Å². The number of hydrogen-bond acceptors (Lipinski definition) is 2. The highest BCUT2D eigenvalue weighted by atomic mass is 15.0. The third kappa shape index (κ3) is 2.08. The molecule has 0 aromatic carbocycles. The molecular weight excluding hydrogens is 148 g/mol. The Morgan fingerprint density at radius 3 is 2.75 bits per heavy atom. The van der Waals surface area contributed by atoms with Crippen LogP contribution in [0, 0.1) is 5.92 Å². The lowest BCUT2D eigenvalue weighted by atomic mass is 9.69. The molecule has 0 amide bonds. The van der Waals surface area contributed by atoms with Crippen molar-refractivity contribution in [3.05, 3.63) is 12.7 Å². The minimum absolute atomic E-state index is 0.266. The molecule has 0 unspecified atom stereocenters. The molecule has 0 atom stereocenters. The van der Waals surface area contributed by atoms with Gasteiger partial charge in [-0.2, -0.15) is 0 Å². The summed E-state index contributed by atoms with van der Waals surface area (Å²) in [7, 11) is 0. The van der Waals surface area contributed by atoms with Crippen molar-refractivity contribution < 1.29 is 0 Å². The molecule has 0 saturated heterocycles. The molecule has 0 aromatic heterocycles. The molecule has 1 saturated carbocycles. The summed E-state index contributed by atoms with van der Waals surface area (Å²) in [5, 5.41) is 3.52. The van der Waals surface area contributed by atoms with Gasteiger partial charge in [-0.3, -0.25) is 0 Å². The normalized spacial score (nSPS) is 34.3. The van der Waals surface area contributed by atoms with Crippen LogP contribution < -0.4 is 11.1 Å². The summed E-state index contributed by atoms with van der Waals surface area (Å²) in [6.45, 7) is 7.77. The highest BCUT2D eigenvalue weighted by molar-refractivity contribution is 5.00. The maximum Gasteiger partial charge on any atom is 0.0309 e. The number of nitrogens with two attached hydrogens (primary N) is 1. The van der Waals surface area contributed by atoms with Crippen LogP contribution in [0.5, 0.6) is 0 Å². The van der Waals surface area contributed by atoms with E-state index in [4.69, 9.17) is 5.73 Å². The Balaban J connectivity index is 2.22. The lowest BCUT2D eigenvalue weighted by Crippen LogP contribution is -2.59. The first-order chi connectivity index (χ1) is 5.72. The molecule has 0 bridgehead atoms. The summed E-state index contributed by atoms with van der Waals surface area (Å²) in [4.78, 5) is 0. The standard InChI is InChI=1S/C10H20N2/c1-3-4-5-12-10(8-11)6-9(2)7-10/h3,9,12H,1,4-8,11H2,2H3. The zero-order chi connectivity index (χ0) is 9.03. The Bertz CT molecular complexity index is 148. The van der Waals surface area contributed by atoms with Crippen LogP contribution in [0.4, 0.5) is 0 Å². The van der Waals surface area contributed by atoms with Gasteiger partial charge in [-0.1, -0.05) is 13.0 Å². The van der Waals surface area contributed by atoms with Crippen LogP contribution in [-0.4, -0.2) is 18.6 Å². The van der Waals surface area contributed by atoms with Gasteiger partial charge in [0.15, 0.2) is 0 Å². The van der Waals surface area contributed by atoms with Crippen molar-refractivity contribution >= 4 is 0 Å². The fraction of sp³-hybridized carbons (Fsp3) is 0.800. The summed E-state index contributed by atoms with van der Waals surface area (Å²) in [6, 6.07) is 0. The zero-order valence-corrected chi connectivity index (χ0v) is 7.97. The second kappa shape index (κ2) is 4.06. The topological polar surface area (TPSA) is 38.0 Å². The lowest BCUT2D eigenvalue weighted by Gasteiger charge is -2.46. The van der Waals surface area contributed by atoms with Gasteiger partial charge in [0.2, 0.25) is 0 Å². The monoisotopic (exact) mass is 168 g/mol. The molecule has 0 aromatic rings. The van der Waals surface area contributed by atoms with E-state index < -0.39 is 0 Å². The van der Waals surface area contributed by atoms with E-state index in [0.717, 1.165) is 25.4 Å². The third-order valence-corrected chi connectivity index (χ3v) is 2.72. The molecule has 3 N–H and O–H groups in total. The molecule has 1 aliphatic carbocycles. The molecule has 0 radical (unpaired) electrons. The van der Waals surface area contributed by atoms with Crippen molar-refractivity contribution in [3.8, 4) is 0 Å². The minimum atomic E-state index is 0.266. The Morgan fingerprint density at radius 1 is 1.67 bits per heavy atom. The molecule has 1 fully saturated rings. The van der Waals surface area contributed by atoms with Crippen LogP contribution in [0.15, 0.2) is 12.7 Å². The fourth-order valence-electron chi connectivity index (χ4n) is 2.10. The van der Waals surface area contributed by atoms with Crippen molar-refractivity contribution in [1.29, 1.82) is 0 Å². The van der Waals surface area contributed by atoms with E-state index in [9.17, 15) is 0 Å². The fourth-order valence-corrected chi connectivity index (χ4v) is 2.10. The van der Waals surface area contributed by atoms with Gasteiger partial charge in [0, 0.05) is 12.1 Å². The predicted octanol–water partition coefficient (Wildman–Crippen LogP) is 1.28. The van der Waals surface area contributed by atoms with Gasteiger partial charge in [-0.25, -0.2) is 0 Å². The lowest BCUT2D eigenvalue weighted by molar-refractivity contribution is 0.125. The largest absolute Gasteiger partial charge is 0.329 e. The van der Waals surface area contributed by atoms with E-state index in [-0.39, 0.29) is 5.54 Å². The minimum Gasteiger partial charge on any atom is -0.329 e. The summed E-state index contributed by atoms with van der Waals surface area (Å²) in [5.74, 6) is 0.852. The quantitative estimate of drug-likeness (QED) is 0.479. The molecule has 1 aliphatic rings. The summed E-state index contributed by atoms with van der Waals surface area (Å²) >= 11 is 0. The molecule has 0 aliphatic heterocycles. The molecule has 12 heavy (non-hydrogen) atoms. The van der Waals surface area contributed by atoms with E-state index in [1.807, 2.05) is 6.08 Å². The molecule has 0 heterocycles. The van der Waals surface area contributed by atoms with Crippen LogP contribution in [0.3, 0.4) is 0 Å². The highest BCUT2D eigenvalue weighted by Gasteiger charge is 2.39. The first-order valence-electron chi connectivity index (χ1n) is 4.78. The van der Waals surface area contributed by atoms with Crippen LogP contribution in [0.1, 0.15) is 26.2 Å². The molecule has 70 valence electrons. The van der Waals surface area contributed by atoms with E-state index in [0.29, 0.717) is 0 Å². The van der Waals surface area contributed by atoms with E-state index in [1.54, 1.807) is 0 Å². The third-order valence-electron chi connectivity index (χ3n) is 2.72. The molecular formula is C10H20N2. The van der Waals surface area contributed by atoms with Gasteiger partial charge in [-0.05, 0) is 31.7 Å². The van der Waals surface area contributed by atoms with Crippen molar-refractivity contribution in [3.63, 3.8) is 0 Å². The van der Waals surface area contributed by atoms with Gasteiger partial charge in [-0.15, -0.1) is 6.58 Å². The molecule has 2 heteroatoms. The van der Waals surface area contributed by atoms with Gasteiger partial charge in [0.05, 0.1) is 0 Å². The predicted molar refractivity (Wildman–Crippen MR) is 53.0 cm³/mol. The average molecular weight is 168 g/mol. The first-order valence-corrected chi connectivity index (χ1v) is 4.78. The van der Waals surface area contributed by atoms with Gasteiger partial charge < -0.3 is 11.1 Å². The van der Waals surface area contributed by atoms with Gasteiger partial charge in [0.25, 0.3) is 0 Å². The Labute approximate surface area is 75.2 Å². The number of nitrogens with one attached hydrogen (secondary N) is 1. The van der Waals surface area contributed by atoms with Crippen LogP contribution in [0.25, 0.3) is 0 Å². The van der Waals surface area contributed by atoms with Crippen LogP contribution >= 0.6 is 0 Å². The first kappa shape index (κ1) is 9.75. The summed E-state index contributed by atoms with van der Waals surface area (Å²) < 4.78 is 0.